The number of aromatic nitrogens is 1. The molecule has 0 fully saturated rings. The van der Waals surface area contributed by atoms with Gasteiger partial charge in [0.25, 0.3) is 0 Å². The maximum absolute atomic E-state index is 12.7. The average molecular weight is 672 g/mol. The van der Waals surface area contributed by atoms with E-state index in [2.05, 4.69) is 36.6 Å². The molecule has 2 atom stereocenters. The van der Waals surface area contributed by atoms with Gasteiger partial charge in [0, 0.05) is 56.2 Å². The van der Waals surface area contributed by atoms with Crippen LogP contribution >= 0.6 is 0 Å². The number of rotatable bonds is 25. The lowest BCUT2D eigenvalue weighted by molar-refractivity contribution is -0.131. The highest BCUT2D eigenvalue weighted by atomic mass is 16.2. The van der Waals surface area contributed by atoms with Crippen LogP contribution in [0.1, 0.15) is 63.4 Å². The largest absolute Gasteiger partial charge is 0.370 e. The van der Waals surface area contributed by atoms with Crippen molar-refractivity contribution in [1.29, 1.82) is 0 Å². The number of aliphatic imine (C=N–C) groups is 1. The zero-order valence-electron chi connectivity index (χ0n) is 27.7. The molecule has 0 saturated carbocycles. The van der Waals surface area contributed by atoms with Gasteiger partial charge in [-0.1, -0.05) is 18.2 Å². The zero-order chi connectivity index (χ0) is 35.1. The highest BCUT2D eigenvalue weighted by Crippen LogP contribution is 2.18. The first kappa shape index (κ1) is 39.5. The van der Waals surface area contributed by atoms with Gasteiger partial charge in [-0.3, -0.25) is 29.0 Å². The topological polar surface area (TPSA) is 278 Å². The van der Waals surface area contributed by atoms with Gasteiger partial charge in [0.15, 0.2) is 5.96 Å². The number of hydrogen-bond donors (Lipinski definition) is 10. The van der Waals surface area contributed by atoms with Crippen molar-refractivity contribution in [3.05, 3.63) is 36.0 Å². The van der Waals surface area contributed by atoms with Crippen LogP contribution in [0.2, 0.25) is 0 Å². The van der Waals surface area contributed by atoms with Crippen LogP contribution in [0.25, 0.3) is 10.9 Å². The van der Waals surface area contributed by atoms with E-state index >= 15 is 0 Å². The SMILES string of the molecule is NC(=O)CC(NC(=O)Cc1c[nH]c2ccccc12)C(=O)NCCCCCNC(=O)CCNCCCCNC(=O)C(N)CCCN=C(N)N. The van der Waals surface area contributed by atoms with Crippen molar-refractivity contribution in [3.63, 3.8) is 0 Å². The molecule has 0 spiro atoms. The highest BCUT2D eigenvalue weighted by molar-refractivity contribution is 5.94. The number of H-pyrrole nitrogens is 1. The van der Waals surface area contributed by atoms with E-state index in [-0.39, 0.29) is 36.5 Å². The summed E-state index contributed by atoms with van der Waals surface area (Å²) >= 11 is 0. The Morgan fingerprint density at radius 2 is 1.44 bits per heavy atom. The molecule has 16 nitrogen and oxygen atoms in total. The van der Waals surface area contributed by atoms with Gasteiger partial charge >= 0.3 is 0 Å². The Morgan fingerprint density at radius 1 is 0.771 bits per heavy atom. The Hall–Kier alpha value is -4.70. The number of aromatic amines is 1. The zero-order valence-corrected chi connectivity index (χ0v) is 27.7. The predicted octanol–water partition coefficient (Wildman–Crippen LogP) is -1.27. The third kappa shape index (κ3) is 16.7. The fourth-order valence-corrected chi connectivity index (χ4v) is 4.88. The van der Waals surface area contributed by atoms with E-state index in [1.165, 1.54) is 0 Å². The molecule has 1 aromatic carbocycles. The van der Waals surface area contributed by atoms with E-state index in [1.807, 2.05) is 24.3 Å². The molecule has 266 valence electrons. The minimum absolute atomic E-state index is 0.0218. The molecule has 14 N–H and O–H groups in total. The summed E-state index contributed by atoms with van der Waals surface area (Å²) in [6.07, 6.45) is 6.80. The van der Waals surface area contributed by atoms with Crippen LogP contribution in [0.15, 0.2) is 35.5 Å². The molecular weight excluding hydrogens is 618 g/mol. The first-order valence-corrected chi connectivity index (χ1v) is 16.5. The third-order valence-corrected chi connectivity index (χ3v) is 7.47. The summed E-state index contributed by atoms with van der Waals surface area (Å²) < 4.78 is 0. The van der Waals surface area contributed by atoms with E-state index in [1.54, 1.807) is 6.20 Å². The molecule has 1 aromatic heterocycles. The predicted molar refractivity (Wildman–Crippen MR) is 185 cm³/mol. The van der Waals surface area contributed by atoms with Crippen LogP contribution in [0.4, 0.5) is 0 Å². The number of nitrogens with one attached hydrogen (secondary N) is 6. The number of nitrogens with two attached hydrogens (primary N) is 4. The van der Waals surface area contributed by atoms with E-state index in [0.717, 1.165) is 48.7 Å². The van der Waals surface area contributed by atoms with Gasteiger partial charge in [0.2, 0.25) is 29.5 Å². The molecule has 2 aromatic rings. The van der Waals surface area contributed by atoms with Crippen molar-refractivity contribution in [2.75, 3.05) is 39.3 Å². The van der Waals surface area contributed by atoms with Gasteiger partial charge in [-0.25, -0.2) is 0 Å². The van der Waals surface area contributed by atoms with E-state index in [9.17, 15) is 24.0 Å². The van der Waals surface area contributed by atoms with E-state index in [4.69, 9.17) is 22.9 Å². The molecule has 16 heteroatoms. The number of primary amides is 1. The molecule has 0 radical (unpaired) electrons. The first-order valence-electron chi connectivity index (χ1n) is 16.5. The number of guanidine groups is 1. The van der Waals surface area contributed by atoms with Gasteiger partial charge in [0.1, 0.15) is 6.04 Å². The Morgan fingerprint density at radius 3 is 2.17 bits per heavy atom. The number of nitrogens with zero attached hydrogens (tertiary/aromatic N) is 1. The Bertz CT molecular complexity index is 1340. The fourth-order valence-electron chi connectivity index (χ4n) is 4.88. The smallest absolute Gasteiger partial charge is 0.243 e. The molecule has 0 aliphatic rings. The first-order chi connectivity index (χ1) is 23.1. The third-order valence-electron chi connectivity index (χ3n) is 7.47. The van der Waals surface area contributed by atoms with Crippen LogP contribution in [-0.4, -0.2) is 91.8 Å². The normalized spacial score (nSPS) is 12.1. The monoisotopic (exact) mass is 671 g/mol. The molecule has 1 heterocycles. The van der Waals surface area contributed by atoms with Crippen LogP contribution in [-0.2, 0) is 30.4 Å². The lowest BCUT2D eigenvalue weighted by Gasteiger charge is -2.17. The van der Waals surface area contributed by atoms with Crippen molar-refractivity contribution in [3.8, 4) is 0 Å². The van der Waals surface area contributed by atoms with Gasteiger partial charge < -0.3 is 54.5 Å². The summed E-state index contributed by atoms with van der Waals surface area (Å²) in [6, 6.07) is 5.94. The van der Waals surface area contributed by atoms with E-state index < -0.39 is 23.9 Å². The quantitative estimate of drug-likeness (QED) is 0.0342. The summed E-state index contributed by atoms with van der Waals surface area (Å²) in [4.78, 5) is 67.9. The van der Waals surface area contributed by atoms with E-state index in [0.29, 0.717) is 58.4 Å². The number of carbonyl (C=O) groups excluding carboxylic acids is 5. The van der Waals surface area contributed by atoms with Gasteiger partial charge in [-0.15, -0.1) is 0 Å². The van der Waals surface area contributed by atoms with Crippen molar-refractivity contribution in [2.24, 2.45) is 27.9 Å². The molecular formula is C32H53N11O5. The lowest BCUT2D eigenvalue weighted by Crippen LogP contribution is -2.49. The molecule has 0 aliphatic carbocycles. The molecule has 0 saturated heterocycles. The van der Waals surface area contributed by atoms with Crippen LogP contribution < -0.4 is 49.5 Å². The number of hydrogen-bond acceptors (Lipinski definition) is 8. The highest BCUT2D eigenvalue weighted by Gasteiger charge is 2.23. The molecule has 5 amide bonds. The minimum Gasteiger partial charge on any atom is -0.370 e. The van der Waals surface area contributed by atoms with Crippen LogP contribution in [0.5, 0.6) is 0 Å². The second kappa shape index (κ2) is 22.8. The summed E-state index contributed by atoms with van der Waals surface area (Å²) in [6.45, 7) is 3.14. The van der Waals surface area contributed by atoms with Gasteiger partial charge in [-0.2, -0.15) is 0 Å². The molecule has 48 heavy (non-hydrogen) atoms. The number of carbonyl (C=O) groups is 5. The summed E-state index contributed by atoms with van der Waals surface area (Å²) in [5.41, 5.74) is 23.4. The van der Waals surface area contributed by atoms with Gasteiger partial charge in [-0.05, 0) is 63.1 Å². The van der Waals surface area contributed by atoms with Crippen molar-refractivity contribution in [1.82, 2.24) is 31.6 Å². The van der Waals surface area contributed by atoms with Gasteiger partial charge in [0.05, 0.1) is 18.9 Å². The Labute approximate surface area is 281 Å². The fraction of sp³-hybridized carbons (Fsp3) is 0.562. The average Bonchev–Trinajstić information content (AvgIpc) is 3.45. The van der Waals surface area contributed by atoms with Crippen molar-refractivity contribution in [2.45, 2.75) is 76.3 Å². The summed E-state index contributed by atoms with van der Waals surface area (Å²) in [7, 11) is 0. The number of unbranched alkanes of at least 4 members (excludes halogenated alkanes) is 3. The second-order valence-electron chi connectivity index (χ2n) is 11.6. The summed E-state index contributed by atoms with van der Waals surface area (Å²) in [5, 5.41) is 15.2. The second-order valence-corrected chi connectivity index (χ2v) is 11.6. The molecule has 2 unspecified atom stereocenters. The van der Waals surface area contributed by atoms with Crippen molar-refractivity contribution < 1.29 is 24.0 Å². The Balaban J connectivity index is 1.48. The Kier molecular flexibility index (Phi) is 18.7. The lowest BCUT2D eigenvalue weighted by atomic mass is 10.1. The molecule has 0 aliphatic heterocycles. The van der Waals surface area contributed by atoms with Crippen molar-refractivity contribution >= 4 is 46.4 Å². The standard InChI is InChI=1S/C32H53N11O5/c33-24(10-8-17-41-32(35)36)30(47)39-16-7-6-13-37-18-12-28(45)38-14-4-1-5-15-40-31(48)26(20-27(34)44)43-29(46)19-22-21-42-25-11-3-2-9-23(22)25/h2-3,9,11,21,24,26,37,42H,1,4-8,10,12-20,33H2,(H2,34,44)(H,38,45)(H,39,47)(H,40,48)(H,43,46)(H4,35,36,41). The maximum atomic E-state index is 12.7. The minimum atomic E-state index is -1.06. The number of benzene rings is 1. The maximum Gasteiger partial charge on any atom is 0.243 e. The molecule has 0 bridgehead atoms. The number of amides is 5. The number of fused-ring (bicyclic) bond motifs is 1. The number of para-hydroxylation sites is 1. The van der Waals surface area contributed by atoms with Crippen LogP contribution in [0.3, 0.4) is 0 Å². The summed E-state index contributed by atoms with van der Waals surface area (Å²) in [5.74, 6) is -1.76. The van der Waals surface area contributed by atoms with Crippen LogP contribution in [0, 0.1) is 0 Å². The molecule has 2 rings (SSSR count).